The van der Waals surface area contributed by atoms with Crippen LogP contribution in [0.1, 0.15) is 58.1 Å². The Labute approximate surface area is 126 Å². The fourth-order valence-electron chi connectivity index (χ4n) is 3.07. The van der Waals surface area contributed by atoms with E-state index in [4.69, 9.17) is 0 Å². The zero-order valence-electron chi connectivity index (χ0n) is 12.9. The fraction of sp³-hybridized carbons (Fsp3) is 0.688. The summed E-state index contributed by atoms with van der Waals surface area (Å²) in [7, 11) is 0. The van der Waals surface area contributed by atoms with Crippen LogP contribution in [0, 0.1) is 5.92 Å². The lowest BCUT2D eigenvalue weighted by molar-refractivity contribution is -0.143. The highest BCUT2D eigenvalue weighted by Crippen LogP contribution is 2.36. The van der Waals surface area contributed by atoms with Crippen molar-refractivity contribution in [1.29, 1.82) is 0 Å². The van der Waals surface area contributed by atoms with Crippen LogP contribution in [0.2, 0.25) is 0 Å². The number of anilines is 1. The number of nitrogens with zero attached hydrogens (tertiary/aromatic N) is 2. The van der Waals surface area contributed by atoms with Gasteiger partial charge in [0.25, 0.3) is 0 Å². The number of nitrogens with one attached hydrogen (secondary N) is 1. The number of carboxylic acid groups (broad SMARTS) is 1. The molecule has 0 unspecified atom stereocenters. The number of hydrogen-bond acceptors (Lipinski definition) is 4. The molecular weight excluding hydrogens is 266 g/mol. The summed E-state index contributed by atoms with van der Waals surface area (Å²) in [6, 6.07) is 1.88. The van der Waals surface area contributed by atoms with E-state index >= 15 is 0 Å². The number of aromatic nitrogens is 2. The Morgan fingerprint density at radius 1 is 1.38 bits per heavy atom. The molecule has 0 saturated heterocycles. The van der Waals surface area contributed by atoms with Crippen molar-refractivity contribution in [3.05, 3.63) is 18.1 Å². The average molecular weight is 291 g/mol. The van der Waals surface area contributed by atoms with Crippen LogP contribution >= 0.6 is 0 Å². The molecule has 1 heterocycles. The van der Waals surface area contributed by atoms with E-state index in [-0.39, 0.29) is 0 Å². The molecule has 0 radical (unpaired) electrons. The molecule has 0 aliphatic heterocycles. The number of aliphatic carboxylic acids is 1. The number of rotatable bonds is 6. The third-order valence-corrected chi connectivity index (χ3v) is 4.54. The van der Waals surface area contributed by atoms with Crippen LogP contribution in [0.3, 0.4) is 0 Å². The third-order valence-electron chi connectivity index (χ3n) is 4.54. The highest BCUT2D eigenvalue weighted by molar-refractivity contribution is 5.82. The van der Waals surface area contributed by atoms with E-state index in [9.17, 15) is 9.90 Å². The van der Waals surface area contributed by atoms with Gasteiger partial charge in [0, 0.05) is 11.8 Å². The van der Waals surface area contributed by atoms with Crippen LogP contribution in [-0.2, 0) is 11.2 Å². The van der Waals surface area contributed by atoms with Crippen molar-refractivity contribution in [2.45, 2.75) is 64.3 Å². The quantitative estimate of drug-likeness (QED) is 0.841. The summed E-state index contributed by atoms with van der Waals surface area (Å²) < 4.78 is 0. The van der Waals surface area contributed by atoms with Gasteiger partial charge in [-0.05, 0) is 38.0 Å². The van der Waals surface area contributed by atoms with E-state index in [2.05, 4.69) is 29.1 Å². The first-order valence-corrected chi connectivity index (χ1v) is 7.92. The molecule has 5 heteroatoms. The van der Waals surface area contributed by atoms with Gasteiger partial charge in [0.05, 0.1) is 0 Å². The highest BCUT2D eigenvalue weighted by atomic mass is 16.4. The minimum atomic E-state index is -0.872. The Kier molecular flexibility index (Phi) is 5.15. The van der Waals surface area contributed by atoms with Gasteiger partial charge in [-0.25, -0.2) is 14.8 Å². The molecule has 21 heavy (non-hydrogen) atoms. The number of hydrogen-bond donors (Lipinski definition) is 2. The van der Waals surface area contributed by atoms with Crippen molar-refractivity contribution >= 4 is 11.8 Å². The van der Waals surface area contributed by atoms with Gasteiger partial charge in [0.2, 0.25) is 0 Å². The van der Waals surface area contributed by atoms with E-state index < -0.39 is 11.5 Å². The van der Waals surface area contributed by atoms with Crippen molar-refractivity contribution in [3.8, 4) is 0 Å². The summed E-state index contributed by atoms with van der Waals surface area (Å²) >= 11 is 0. The lowest BCUT2D eigenvalue weighted by Gasteiger charge is -2.37. The van der Waals surface area contributed by atoms with Crippen molar-refractivity contribution < 1.29 is 9.90 Å². The summed E-state index contributed by atoms with van der Waals surface area (Å²) in [6.07, 6.45) is 7.78. The topological polar surface area (TPSA) is 75.1 Å². The zero-order valence-corrected chi connectivity index (χ0v) is 12.9. The monoisotopic (exact) mass is 291 g/mol. The molecule has 0 bridgehead atoms. The number of aryl methyl sites for hydroxylation is 1. The molecule has 0 aromatic carbocycles. The standard InChI is InChI=1S/C16H25N3O2/c1-3-5-13-10-14(18-11-17-13)19-16(15(20)21)8-6-12(4-2)7-9-16/h10-12H,3-9H2,1-2H3,(H,20,21)(H,17,18,19). The molecular formula is C16H25N3O2. The maximum Gasteiger partial charge on any atom is 0.329 e. The van der Waals surface area contributed by atoms with E-state index in [1.807, 2.05) is 6.07 Å². The predicted octanol–water partition coefficient (Wildman–Crippen LogP) is 3.26. The zero-order chi connectivity index (χ0) is 15.3. The summed E-state index contributed by atoms with van der Waals surface area (Å²) in [5.74, 6) is 0.513. The largest absolute Gasteiger partial charge is 0.480 e. The fourth-order valence-corrected chi connectivity index (χ4v) is 3.07. The lowest BCUT2D eigenvalue weighted by atomic mass is 9.75. The van der Waals surface area contributed by atoms with Crippen LogP contribution in [0.25, 0.3) is 0 Å². The van der Waals surface area contributed by atoms with E-state index in [1.165, 1.54) is 6.33 Å². The summed E-state index contributed by atoms with van der Waals surface area (Å²) in [6.45, 7) is 4.27. The molecule has 0 amide bonds. The summed E-state index contributed by atoms with van der Waals surface area (Å²) in [5, 5.41) is 12.9. The Hall–Kier alpha value is -1.65. The average Bonchev–Trinajstić information content (AvgIpc) is 2.48. The molecule has 1 fully saturated rings. The molecule has 1 saturated carbocycles. The first kappa shape index (κ1) is 15.7. The van der Waals surface area contributed by atoms with Gasteiger partial charge < -0.3 is 10.4 Å². The predicted molar refractivity (Wildman–Crippen MR) is 82.3 cm³/mol. The van der Waals surface area contributed by atoms with E-state index in [0.717, 1.165) is 37.8 Å². The van der Waals surface area contributed by atoms with Crippen LogP contribution < -0.4 is 5.32 Å². The first-order chi connectivity index (χ1) is 10.1. The van der Waals surface area contributed by atoms with Crippen LogP contribution in [0.5, 0.6) is 0 Å². The van der Waals surface area contributed by atoms with E-state index in [0.29, 0.717) is 24.6 Å². The molecule has 116 valence electrons. The molecule has 1 aliphatic carbocycles. The van der Waals surface area contributed by atoms with Crippen molar-refractivity contribution in [1.82, 2.24) is 9.97 Å². The Balaban J connectivity index is 2.13. The maximum atomic E-state index is 11.8. The van der Waals surface area contributed by atoms with Crippen molar-refractivity contribution in [3.63, 3.8) is 0 Å². The molecule has 5 nitrogen and oxygen atoms in total. The second kappa shape index (κ2) is 6.87. The van der Waals surface area contributed by atoms with Gasteiger partial charge in [0.15, 0.2) is 0 Å². The first-order valence-electron chi connectivity index (χ1n) is 7.92. The Bertz CT molecular complexity index is 482. The second-order valence-corrected chi connectivity index (χ2v) is 6.01. The molecule has 2 N–H and O–H groups in total. The van der Waals surface area contributed by atoms with Gasteiger partial charge in [-0.15, -0.1) is 0 Å². The number of carboxylic acids is 1. The molecule has 0 spiro atoms. The molecule has 1 aromatic rings. The second-order valence-electron chi connectivity index (χ2n) is 6.01. The number of carbonyl (C=O) groups is 1. The highest BCUT2D eigenvalue weighted by Gasteiger charge is 2.41. The smallest absolute Gasteiger partial charge is 0.329 e. The Morgan fingerprint density at radius 2 is 2.10 bits per heavy atom. The van der Waals surface area contributed by atoms with Crippen molar-refractivity contribution in [2.75, 3.05) is 5.32 Å². The minimum Gasteiger partial charge on any atom is -0.480 e. The van der Waals surface area contributed by atoms with Gasteiger partial charge in [-0.3, -0.25) is 0 Å². The molecule has 0 atom stereocenters. The third kappa shape index (κ3) is 3.71. The summed E-state index contributed by atoms with van der Waals surface area (Å²) in [4.78, 5) is 20.2. The van der Waals surface area contributed by atoms with Crippen LogP contribution in [0.15, 0.2) is 12.4 Å². The van der Waals surface area contributed by atoms with Crippen molar-refractivity contribution in [2.24, 2.45) is 5.92 Å². The molecule has 1 aliphatic rings. The normalized spacial score (nSPS) is 25.5. The van der Waals surface area contributed by atoms with E-state index in [1.54, 1.807) is 0 Å². The van der Waals surface area contributed by atoms with Gasteiger partial charge in [0.1, 0.15) is 17.7 Å². The molecule has 2 rings (SSSR count). The van der Waals surface area contributed by atoms with Gasteiger partial charge >= 0.3 is 5.97 Å². The minimum absolute atomic E-state index is 0.630. The Morgan fingerprint density at radius 3 is 2.67 bits per heavy atom. The lowest BCUT2D eigenvalue weighted by Crippen LogP contribution is -2.49. The van der Waals surface area contributed by atoms with Gasteiger partial charge in [-0.1, -0.05) is 26.7 Å². The maximum absolute atomic E-state index is 11.8. The van der Waals surface area contributed by atoms with Crippen LogP contribution in [0.4, 0.5) is 5.82 Å². The SMILES string of the molecule is CCCc1cc(NC2(C(=O)O)CCC(CC)CC2)ncn1. The molecule has 1 aromatic heterocycles. The van der Waals surface area contributed by atoms with Crippen LogP contribution in [-0.4, -0.2) is 26.6 Å². The van der Waals surface area contributed by atoms with Gasteiger partial charge in [-0.2, -0.15) is 0 Å². The summed E-state index contributed by atoms with van der Waals surface area (Å²) in [5.41, 5.74) is 0.0848.